The van der Waals surface area contributed by atoms with Gasteiger partial charge in [-0.1, -0.05) is 6.92 Å². The number of hydrogen-bond acceptors (Lipinski definition) is 11. The quantitative estimate of drug-likeness (QED) is 0.237. The van der Waals surface area contributed by atoms with Gasteiger partial charge in [0.15, 0.2) is 42.7 Å². The lowest BCUT2D eigenvalue weighted by Gasteiger charge is -2.21. The lowest BCUT2D eigenvalue weighted by molar-refractivity contribution is 0.0435. The Morgan fingerprint density at radius 1 is 0.727 bits per heavy atom. The largest absolute Gasteiger partial charge is 0.493 e. The average Bonchev–Trinajstić information content (AvgIpc) is 3.50. The lowest BCUT2D eigenvalue weighted by Crippen LogP contribution is -2.17. The van der Waals surface area contributed by atoms with Crippen LogP contribution in [0.4, 0.5) is 5.69 Å². The molecule has 2 N–H and O–H groups in total. The van der Waals surface area contributed by atoms with Crippen molar-refractivity contribution < 1.29 is 45.3 Å². The fourth-order valence-corrected chi connectivity index (χ4v) is 7.75. The third kappa shape index (κ3) is 7.16. The highest BCUT2D eigenvalue weighted by Crippen LogP contribution is 2.48. The predicted molar refractivity (Wildman–Crippen MR) is 166 cm³/mol. The molecular formula is C31H39NO10S2. The van der Waals surface area contributed by atoms with E-state index in [2.05, 4.69) is 0 Å². The molecule has 11 nitrogen and oxygen atoms in total. The number of nitrogen functional groups attached to an aromatic ring is 1. The van der Waals surface area contributed by atoms with Gasteiger partial charge in [-0.05, 0) is 78.9 Å². The molecule has 0 radical (unpaired) electrons. The zero-order chi connectivity index (χ0) is 32.1. The Labute approximate surface area is 259 Å². The number of nitrogens with two attached hydrogens (primary N) is 1. The number of methoxy groups -OCH3 is 4. The minimum atomic E-state index is -3.81. The minimum Gasteiger partial charge on any atom is -0.493 e. The van der Waals surface area contributed by atoms with E-state index < -0.39 is 25.8 Å². The summed E-state index contributed by atoms with van der Waals surface area (Å²) in [6, 6.07) is 12.7. The van der Waals surface area contributed by atoms with Gasteiger partial charge in [0.05, 0.1) is 57.0 Å². The normalized spacial score (nSPS) is 16.8. The summed E-state index contributed by atoms with van der Waals surface area (Å²) in [5.74, 6) is 1.11. The maximum Gasteiger partial charge on any atom is 0.203 e. The molecule has 44 heavy (non-hydrogen) atoms. The smallest absolute Gasteiger partial charge is 0.203 e. The molecule has 240 valence electrons. The third-order valence-corrected chi connectivity index (χ3v) is 11.0. The summed E-state index contributed by atoms with van der Waals surface area (Å²) in [7, 11) is -1.50. The van der Waals surface area contributed by atoms with Crippen LogP contribution in [0.2, 0.25) is 0 Å². The molecule has 0 saturated carbocycles. The standard InChI is InChI=1S/C31H39NO10S2/c1-6-14-44(35,36)29-19-21(25-12-11-24(42-25)20-16-26(37-2)30(40-5)27(17-20)38-3)18-28(39-4)31(29)41-13-15-43(33,34)23-9-7-22(32)8-10-23/h7-10,16-19,24-25H,6,11-15,32H2,1-5H3/t24-,25?/m0/s1. The van der Waals surface area contributed by atoms with Crippen molar-refractivity contribution in [1.29, 1.82) is 0 Å². The van der Waals surface area contributed by atoms with Crippen LogP contribution in [0.25, 0.3) is 0 Å². The van der Waals surface area contributed by atoms with Gasteiger partial charge >= 0.3 is 0 Å². The first-order valence-electron chi connectivity index (χ1n) is 14.1. The molecule has 0 aromatic heterocycles. The molecule has 0 amide bonds. The zero-order valence-electron chi connectivity index (χ0n) is 25.5. The lowest BCUT2D eigenvalue weighted by atomic mass is 10.0. The molecular weight excluding hydrogens is 610 g/mol. The van der Waals surface area contributed by atoms with Crippen LogP contribution < -0.4 is 29.4 Å². The molecule has 13 heteroatoms. The first kappa shape index (κ1) is 33.2. The van der Waals surface area contributed by atoms with E-state index in [1.807, 2.05) is 12.1 Å². The molecule has 0 bridgehead atoms. The summed E-state index contributed by atoms with van der Waals surface area (Å²) in [6.07, 6.45) is 0.887. The molecule has 4 rings (SSSR count). The Bertz CT molecular complexity index is 1650. The van der Waals surface area contributed by atoms with Gasteiger partial charge in [-0.3, -0.25) is 0 Å². The topological polar surface area (TPSA) is 150 Å². The van der Waals surface area contributed by atoms with Crippen molar-refractivity contribution in [2.75, 3.05) is 52.3 Å². The second kappa shape index (κ2) is 14.0. The average molecular weight is 650 g/mol. The van der Waals surface area contributed by atoms with Gasteiger partial charge in [0.1, 0.15) is 11.5 Å². The third-order valence-electron chi connectivity index (χ3n) is 7.36. The van der Waals surface area contributed by atoms with Gasteiger partial charge in [-0.2, -0.15) is 0 Å². The van der Waals surface area contributed by atoms with Gasteiger partial charge in [-0.15, -0.1) is 0 Å². The van der Waals surface area contributed by atoms with E-state index in [1.54, 1.807) is 33.3 Å². The molecule has 1 fully saturated rings. The molecule has 0 aliphatic carbocycles. The fourth-order valence-electron chi connectivity index (χ4n) is 5.15. The summed E-state index contributed by atoms with van der Waals surface area (Å²) in [5, 5.41) is 0. The maximum absolute atomic E-state index is 13.4. The van der Waals surface area contributed by atoms with Crippen LogP contribution in [0.15, 0.2) is 58.3 Å². The highest BCUT2D eigenvalue weighted by molar-refractivity contribution is 7.91. The van der Waals surface area contributed by atoms with Crippen LogP contribution in [-0.4, -0.2) is 63.4 Å². The van der Waals surface area contributed by atoms with E-state index in [0.717, 1.165) is 5.56 Å². The first-order valence-corrected chi connectivity index (χ1v) is 17.4. The molecule has 2 atom stereocenters. The number of sulfone groups is 2. The molecule has 1 aliphatic rings. The van der Waals surface area contributed by atoms with Crippen molar-refractivity contribution in [3.8, 4) is 28.7 Å². The maximum atomic E-state index is 13.4. The Balaban J connectivity index is 1.63. The number of anilines is 1. The highest BCUT2D eigenvalue weighted by atomic mass is 32.2. The number of benzene rings is 3. The van der Waals surface area contributed by atoms with Crippen LogP contribution in [0, 0.1) is 0 Å². The van der Waals surface area contributed by atoms with E-state index in [1.165, 1.54) is 38.5 Å². The molecule has 1 heterocycles. The van der Waals surface area contributed by atoms with Gasteiger partial charge in [0.25, 0.3) is 0 Å². The van der Waals surface area contributed by atoms with Crippen LogP contribution in [0.5, 0.6) is 28.7 Å². The summed E-state index contributed by atoms with van der Waals surface area (Å²) in [5.41, 5.74) is 7.55. The zero-order valence-corrected chi connectivity index (χ0v) is 27.1. The van der Waals surface area contributed by atoms with Crippen molar-refractivity contribution >= 4 is 25.4 Å². The molecule has 3 aromatic rings. The number of hydrogen-bond donors (Lipinski definition) is 1. The SMILES string of the molecule is CCCS(=O)(=O)c1cc(C2CC[C@@H](c3cc(OC)c(OC)c(OC)c3)O2)cc(OC)c1OCCS(=O)(=O)c1ccc(N)cc1. The van der Waals surface area contributed by atoms with E-state index in [0.29, 0.717) is 47.8 Å². The first-order chi connectivity index (χ1) is 21.0. The van der Waals surface area contributed by atoms with Crippen molar-refractivity contribution in [3.05, 3.63) is 59.7 Å². The summed E-state index contributed by atoms with van der Waals surface area (Å²) >= 11 is 0. The van der Waals surface area contributed by atoms with Crippen molar-refractivity contribution in [2.24, 2.45) is 0 Å². The van der Waals surface area contributed by atoms with Crippen molar-refractivity contribution in [1.82, 2.24) is 0 Å². The summed E-state index contributed by atoms with van der Waals surface area (Å²) in [6.45, 7) is 1.47. The fraction of sp³-hybridized carbons (Fsp3) is 0.419. The van der Waals surface area contributed by atoms with Gasteiger partial charge in [0.2, 0.25) is 5.75 Å². The molecule has 1 aliphatic heterocycles. The second-order valence-electron chi connectivity index (χ2n) is 10.3. The predicted octanol–water partition coefficient (Wildman–Crippen LogP) is 4.93. The van der Waals surface area contributed by atoms with Crippen LogP contribution in [0.1, 0.15) is 49.5 Å². The molecule has 1 saturated heterocycles. The second-order valence-corrected chi connectivity index (χ2v) is 14.4. The minimum absolute atomic E-state index is 0.0311. The highest BCUT2D eigenvalue weighted by Gasteiger charge is 2.33. The Hall–Kier alpha value is -3.68. The van der Waals surface area contributed by atoms with Crippen LogP contribution in [-0.2, 0) is 24.4 Å². The van der Waals surface area contributed by atoms with Crippen molar-refractivity contribution in [2.45, 2.75) is 48.2 Å². The monoisotopic (exact) mass is 649 g/mol. The van der Waals surface area contributed by atoms with Gasteiger partial charge in [-0.25, -0.2) is 16.8 Å². The Morgan fingerprint density at radius 2 is 1.25 bits per heavy atom. The Morgan fingerprint density at radius 3 is 1.75 bits per heavy atom. The number of rotatable bonds is 14. The summed E-state index contributed by atoms with van der Waals surface area (Å²) < 4.78 is 86.9. The van der Waals surface area contributed by atoms with E-state index >= 15 is 0 Å². The molecule has 0 spiro atoms. The number of ether oxygens (including phenoxy) is 6. The van der Waals surface area contributed by atoms with Gasteiger partial charge in [0, 0.05) is 5.69 Å². The van der Waals surface area contributed by atoms with E-state index in [4.69, 9.17) is 34.2 Å². The van der Waals surface area contributed by atoms with Crippen LogP contribution in [0.3, 0.4) is 0 Å². The van der Waals surface area contributed by atoms with E-state index in [9.17, 15) is 16.8 Å². The molecule has 1 unspecified atom stereocenters. The van der Waals surface area contributed by atoms with Crippen LogP contribution >= 0.6 is 0 Å². The summed E-state index contributed by atoms with van der Waals surface area (Å²) in [4.78, 5) is 0.0231. The Kier molecular flexibility index (Phi) is 10.5. The van der Waals surface area contributed by atoms with Gasteiger partial charge < -0.3 is 34.2 Å². The van der Waals surface area contributed by atoms with Crippen molar-refractivity contribution in [3.63, 3.8) is 0 Å². The molecule has 3 aromatic carbocycles. The van der Waals surface area contributed by atoms with E-state index in [-0.39, 0.29) is 45.5 Å².